The highest BCUT2D eigenvalue weighted by Gasteiger charge is 2.27. The van der Waals surface area contributed by atoms with Crippen molar-refractivity contribution in [3.05, 3.63) is 16.6 Å². The van der Waals surface area contributed by atoms with Crippen molar-refractivity contribution in [3.8, 4) is 0 Å². The first-order valence-corrected chi connectivity index (χ1v) is 8.76. The molecular weight excluding hydrogens is 284 g/mol. The Kier molecular flexibility index (Phi) is 5.28. The third-order valence-corrected chi connectivity index (χ3v) is 5.51. The number of rotatable bonds is 6. The molecule has 0 radical (unpaired) electrons. The summed E-state index contributed by atoms with van der Waals surface area (Å²) < 4.78 is 28.4. The largest absolute Gasteiger partial charge is 0.319 e. The van der Waals surface area contributed by atoms with Gasteiger partial charge >= 0.3 is 0 Å². The highest BCUT2D eigenvalue weighted by molar-refractivity contribution is 7.87. The van der Waals surface area contributed by atoms with E-state index in [0.29, 0.717) is 19.0 Å². The van der Waals surface area contributed by atoms with Gasteiger partial charge in [0.2, 0.25) is 0 Å². The van der Waals surface area contributed by atoms with Crippen LogP contribution in [0, 0.1) is 5.92 Å². The summed E-state index contributed by atoms with van der Waals surface area (Å²) in [5.41, 5.74) is 2.46. The Morgan fingerprint density at radius 3 is 2.79 bits per heavy atom. The molecule has 1 fully saturated rings. The Bertz CT molecular complexity index is 467. The minimum absolute atomic E-state index is 0.266. The topological polar surface area (TPSA) is 74.3 Å². The van der Waals surface area contributed by atoms with Gasteiger partial charge in [0.15, 0.2) is 0 Å². The van der Waals surface area contributed by atoms with E-state index >= 15 is 0 Å². The zero-order chi connectivity index (χ0) is 13.7. The van der Waals surface area contributed by atoms with E-state index in [0.717, 1.165) is 25.1 Å². The van der Waals surface area contributed by atoms with E-state index in [-0.39, 0.29) is 6.54 Å². The molecule has 8 heteroatoms. The van der Waals surface area contributed by atoms with Crippen molar-refractivity contribution in [2.24, 2.45) is 5.92 Å². The monoisotopic (exact) mass is 304 g/mol. The second-order valence-electron chi connectivity index (χ2n) is 4.71. The van der Waals surface area contributed by atoms with Gasteiger partial charge in [0.25, 0.3) is 10.2 Å². The summed E-state index contributed by atoms with van der Waals surface area (Å²) in [4.78, 5) is 4.07. The maximum Gasteiger partial charge on any atom is 0.279 e. The fraction of sp³-hybridized carbons (Fsp3) is 0.727. The summed E-state index contributed by atoms with van der Waals surface area (Å²) in [6.45, 7) is 2.42. The summed E-state index contributed by atoms with van der Waals surface area (Å²) >= 11 is 1.47. The SMILES string of the molecule is CNCC1CCN(S(=O)(=O)NCc2cscn2)CC1. The Hall–Kier alpha value is -0.540. The Morgan fingerprint density at radius 1 is 1.47 bits per heavy atom. The Morgan fingerprint density at radius 2 is 2.21 bits per heavy atom. The molecule has 1 aliphatic rings. The predicted octanol–water partition coefficient (Wildman–Crippen LogP) is 0.409. The number of hydrogen-bond acceptors (Lipinski definition) is 5. The minimum atomic E-state index is -3.37. The molecule has 2 rings (SSSR count). The summed E-state index contributed by atoms with van der Waals surface area (Å²) in [5, 5.41) is 4.99. The van der Waals surface area contributed by atoms with Gasteiger partial charge in [0.1, 0.15) is 0 Å². The number of aromatic nitrogens is 1. The van der Waals surface area contributed by atoms with E-state index in [4.69, 9.17) is 0 Å². The normalized spacial score (nSPS) is 18.8. The molecule has 2 heterocycles. The van der Waals surface area contributed by atoms with Crippen molar-refractivity contribution >= 4 is 21.5 Å². The molecule has 1 aliphatic heterocycles. The second kappa shape index (κ2) is 6.76. The van der Waals surface area contributed by atoms with Gasteiger partial charge in [-0.15, -0.1) is 11.3 Å². The highest BCUT2D eigenvalue weighted by Crippen LogP contribution is 2.18. The summed E-state index contributed by atoms with van der Waals surface area (Å²) in [6, 6.07) is 0. The van der Waals surface area contributed by atoms with E-state index in [1.165, 1.54) is 15.6 Å². The molecule has 19 heavy (non-hydrogen) atoms. The fourth-order valence-corrected chi connectivity index (χ4v) is 3.99. The standard InChI is InChI=1S/C11H20N4O2S2/c1-12-6-10-2-4-15(5-3-10)19(16,17)14-7-11-8-18-9-13-11/h8-10,12,14H,2-7H2,1H3. The van der Waals surface area contributed by atoms with Gasteiger partial charge in [0, 0.05) is 18.5 Å². The molecule has 2 N–H and O–H groups in total. The first-order chi connectivity index (χ1) is 9.12. The molecule has 0 saturated carbocycles. The zero-order valence-corrected chi connectivity index (χ0v) is 12.6. The molecule has 6 nitrogen and oxygen atoms in total. The third kappa shape index (κ3) is 4.22. The van der Waals surface area contributed by atoms with Crippen molar-refractivity contribution in [1.82, 2.24) is 19.3 Å². The molecule has 0 spiro atoms. The van der Waals surface area contributed by atoms with Gasteiger partial charge in [-0.3, -0.25) is 0 Å². The van der Waals surface area contributed by atoms with E-state index in [1.54, 1.807) is 5.51 Å². The molecule has 0 unspecified atom stereocenters. The predicted molar refractivity (Wildman–Crippen MR) is 76.1 cm³/mol. The van der Waals surface area contributed by atoms with Gasteiger partial charge in [-0.2, -0.15) is 17.4 Å². The molecule has 0 atom stereocenters. The number of hydrogen-bond donors (Lipinski definition) is 2. The van der Waals surface area contributed by atoms with Crippen LogP contribution in [0.25, 0.3) is 0 Å². The maximum atomic E-state index is 12.1. The lowest BCUT2D eigenvalue weighted by Gasteiger charge is -2.30. The van der Waals surface area contributed by atoms with E-state index in [2.05, 4.69) is 15.0 Å². The first-order valence-electron chi connectivity index (χ1n) is 6.38. The quantitative estimate of drug-likeness (QED) is 0.798. The lowest BCUT2D eigenvalue weighted by Crippen LogP contribution is -2.45. The van der Waals surface area contributed by atoms with Crippen LogP contribution in [0.2, 0.25) is 0 Å². The van der Waals surface area contributed by atoms with E-state index in [1.807, 2.05) is 12.4 Å². The highest BCUT2D eigenvalue weighted by atomic mass is 32.2. The maximum absolute atomic E-state index is 12.1. The van der Waals surface area contributed by atoms with Crippen LogP contribution < -0.4 is 10.0 Å². The van der Waals surface area contributed by atoms with E-state index in [9.17, 15) is 8.42 Å². The summed E-state index contributed by atoms with van der Waals surface area (Å²) in [7, 11) is -1.44. The van der Waals surface area contributed by atoms with Gasteiger partial charge in [0.05, 0.1) is 17.7 Å². The molecular formula is C11H20N4O2S2. The van der Waals surface area contributed by atoms with Crippen LogP contribution in [0.5, 0.6) is 0 Å². The average molecular weight is 304 g/mol. The first kappa shape index (κ1) is 14.9. The number of nitrogens with zero attached hydrogens (tertiary/aromatic N) is 2. The van der Waals surface area contributed by atoms with Gasteiger partial charge in [-0.25, -0.2) is 4.98 Å². The lowest BCUT2D eigenvalue weighted by atomic mass is 9.98. The molecule has 108 valence electrons. The Balaban J connectivity index is 1.83. The minimum Gasteiger partial charge on any atom is -0.319 e. The van der Waals surface area contributed by atoms with Crippen LogP contribution >= 0.6 is 11.3 Å². The van der Waals surface area contributed by atoms with Crippen LogP contribution in [-0.4, -0.2) is 44.4 Å². The lowest BCUT2D eigenvalue weighted by molar-refractivity contribution is 0.268. The van der Waals surface area contributed by atoms with Crippen LogP contribution in [0.3, 0.4) is 0 Å². The average Bonchev–Trinajstić information content (AvgIpc) is 2.91. The molecule has 0 aromatic carbocycles. The molecule has 0 amide bonds. The zero-order valence-electron chi connectivity index (χ0n) is 11.0. The van der Waals surface area contributed by atoms with Crippen LogP contribution in [0.1, 0.15) is 18.5 Å². The molecule has 1 saturated heterocycles. The number of nitrogens with one attached hydrogen (secondary N) is 2. The molecule has 1 aromatic heterocycles. The van der Waals surface area contributed by atoms with Crippen molar-refractivity contribution in [1.29, 1.82) is 0 Å². The fourth-order valence-electron chi connectivity index (χ4n) is 2.22. The Labute approximate surface area is 118 Å². The van der Waals surface area contributed by atoms with Crippen molar-refractivity contribution in [2.45, 2.75) is 19.4 Å². The van der Waals surface area contributed by atoms with Crippen molar-refractivity contribution < 1.29 is 8.42 Å². The van der Waals surface area contributed by atoms with Gasteiger partial charge in [-0.1, -0.05) is 0 Å². The van der Waals surface area contributed by atoms with Gasteiger partial charge in [-0.05, 0) is 32.4 Å². The van der Waals surface area contributed by atoms with E-state index < -0.39 is 10.2 Å². The van der Waals surface area contributed by atoms with Crippen molar-refractivity contribution in [2.75, 3.05) is 26.7 Å². The molecule has 0 bridgehead atoms. The number of thiazole rings is 1. The molecule has 0 aliphatic carbocycles. The van der Waals surface area contributed by atoms with Crippen LogP contribution in [0.4, 0.5) is 0 Å². The van der Waals surface area contributed by atoms with Gasteiger partial charge < -0.3 is 5.32 Å². The van der Waals surface area contributed by atoms with Crippen LogP contribution in [0.15, 0.2) is 10.9 Å². The smallest absolute Gasteiger partial charge is 0.279 e. The van der Waals surface area contributed by atoms with Crippen molar-refractivity contribution in [3.63, 3.8) is 0 Å². The molecule has 1 aromatic rings. The second-order valence-corrected chi connectivity index (χ2v) is 7.18. The number of piperidine rings is 1. The summed E-state index contributed by atoms with van der Waals surface area (Å²) in [6.07, 6.45) is 1.83. The third-order valence-electron chi connectivity index (χ3n) is 3.33. The summed E-state index contributed by atoms with van der Waals surface area (Å²) in [5.74, 6) is 0.579. The van der Waals surface area contributed by atoms with Crippen LogP contribution in [-0.2, 0) is 16.8 Å².